The van der Waals surface area contributed by atoms with Gasteiger partial charge in [0.25, 0.3) is 0 Å². The normalized spacial score (nSPS) is 22.2. The topological polar surface area (TPSA) is 53.7 Å². The van der Waals surface area contributed by atoms with Gasteiger partial charge >= 0.3 is 5.97 Å². The first-order valence-corrected chi connectivity index (χ1v) is 7.48. The third-order valence-electron chi connectivity index (χ3n) is 4.06. The molecule has 2 heterocycles. The van der Waals surface area contributed by atoms with Crippen molar-refractivity contribution >= 4 is 5.97 Å². The molecule has 0 bridgehead atoms. The molecule has 1 fully saturated rings. The Morgan fingerprint density at radius 1 is 1.22 bits per heavy atom. The number of alkyl halides is 1. The van der Waals surface area contributed by atoms with Gasteiger partial charge in [0.2, 0.25) is 0 Å². The Morgan fingerprint density at radius 2 is 1.96 bits per heavy atom. The van der Waals surface area contributed by atoms with Crippen LogP contribution in [-0.2, 0) is 11.3 Å². The zero-order valence-electron chi connectivity index (χ0n) is 12.4. The van der Waals surface area contributed by atoms with E-state index in [1.54, 1.807) is 29.2 Å². The largest absolute Gasteiger partial charge is 0.480 e. The first-order chi connectivity index (χ1) is 11.0. The first-order valence-electron chi connectivity index (χ1n) is 7.48. The van der Waals surface area contributed by atoms with Gasteiger partial charge in [-0.25, -0.2) is 8.78 Å². The van der Waals surface area contributed by atoms with E-state index in [0.717, 1.165) is 5.56 Å². The Kier molecular flexibility index (Phi) is 4.43. The van der Waals surface area contributed by atoms with Crippen LogP contribution in [0.15, 0.2) is 40.8 Å². The van der Waals surface area contributed by atoms with E-state index in [1.165, 1.54) is 12.1 Å². The summed E-state index contributed by atoms with van der Waals surface area (Å²) >= 11 is 0. The van der Waals surface area contributed by atoms with E-state index in [1.807, 2.05) is 0 Å². The van der Waals surface area contributed by atoms with Crippen LogP contribution in [0.25, 0.3) is 11.3 Å². The lowest BCUT2D eigenvalue weighted by Gasteiger charge is -2.33. The average molecular weight is 321 g/mol. The number of piperidine rings is 1. The minimum atomic E-state index is -1.02. The predicted molar refractivity (Wildman–Crippen MR) is 80.1 cm³/mol. The van der Waals surface area contributed by atoms with Crippen molar-refractivity contribution < 1.29 is 23.1 Å². The summed E-state index contributed by atoms with van der Waals surface area (Å²) < 4.78 is 32.2. The Balaban J connectivity index is 1.74. The van der Waals surface area contributed by atoms with Crippen molar-refractivity contribution in [2.45, 2.75) is 31.6 Å². The maximum Gasteiger partial charge on any atom is 0.320 e. The molecule has 1 aromatic carbocycles. The fourth-order valence-electron chi connectivity index (χ4n) is 2.88. The van der Waals surface area contributed by atoms with E-state index < -0.39 is 18.2 Å². The molecule has 23 heavy (non-hydrogen) atoms. The van der Waals surface area contributed by atoms with Gasteiger partial charge in [0.15, 0.2) is 0 Å². The molecule has 4 nitrogen and oxygen atoms in total. The third kappa shape index (κ3) is 3.59. The van der Waals surface area contributed by atoms with Crippen LogP contribution in [-0.4, -0.2) is 34.7 Å². The third-order valence-corrected chi connectivity index (χ3v) is 4.06. The summed E-state index contributed by atoms with van der Waals surface area (Å²) in [6.45, 7) is 0.322. The maximum absolute atomic E-state index is 13.6. The molecule has 0 aliphatic carbocycles. The van der Waals surface area contributed by atoms with Gasteiger partial charge in [-0.3, -0.25) is 9.69 Å². The van der Waals surface area contributed by atoms with E-state index in [9.17, 15) is 18.7 Å². The number of nitrogens with zero attached hydrogens (tertiary/aromatic N) is 1. The van der Waals surface area contributed by atoms with Crippen LogP contribution >= 0.6 is 0 Å². The van der Waals surface area contributed by atoms with Crippen molar-refractivity contribution in [3.8, 4) is 11.3 Å². The molecule has 3 rings (SSSR count). The Labute approximate surface area is 132 Å². The van der Waals surface area contributed by atoms with E-state index in [4.69, 9.17) is 4.42 Å². The molecule has 0 spiro atoms. The van der Waals surface area contributed by atoms with Crippen LogP contribution in [0, 0.1) is 5.82 Å². The van der Waals surface area contributed by atoms with Gasteiger partial charge in [0, 0.05) is 12.1 Å². The molecule has 6 heteroatoms. The first kappa shape index (κ1) is 15.7. The monoisotopic (exact) mass is 321 g/mol. The summed E-state index contributed by atoms with van der Waals surface area (Å²) in [5, 5.41) is 9.25. The standard InChI is InChI=1S/C17H17F2NO3/c18-12-3-1-11(2-4-12)16-8-6-14(23-16)10-20-9-13(19)5-7-15(20)17(21)22/h1-4,6,8,13,15H,5,7,9-10H2,(H,21,22)/t13-,15+/m1/s1. The summed E-state index contributed by atoms with van der Waals surface area (Å²) in [6, 6.07) is 8.69. The van der Waals surface area contributed by atoms with Crippen molar-refractivity contribution in [1.82, 2.24) is 4.90 Å². The van der Waals surface area contributed by atoms with Crippen molar-refractivity contribution in [1.29, 1.82) is 0 Å². The number of hydrogen-bond donors (Lipinski definition) is 1. The minimum absolute atomic E-state index is 0.0869. The van der Waals surface area contributed by atoms with Crippen molar-refractivity contribution in [2.24, 2.45) is 0 Å². The van der Waals surface area contributed by atoms with Gasteiger partial charge in [-0.05, 0) is 49.2 Å². The summed E-state index contributed by atoms with van der Waals surface area (Å²) in [7, 11) is 0. The fourth-order valence-corrected chi connectivity index (χ4v) is 2.88. The number of aliphatic carboxylic acids is 1. The number of carboxylic acid groups (broad SMARTS) is 1. The molecule has 0 saturated carbocycles. The van der Waals surface area contributed by atoms with E-state index in [-0.39, 0.29) is 25.3 Å². The van der Waals surface area contributed by atoms with Crippen molar-refractivity contribution in [3.05, 3.63) is 48.0 Å². The lowest BCUT2D eigenvalue weighted by Crippen LogP contribution is -2.47. The Morgan fingerprint density at radius 3 is 2.65 bits per heavy atom. The van der Waals surface area contributed by atoms with Gasteiger partial charge in [0.05, 0.1) is 6.54 Å². The zero-order valence-corrected chi connectivity index (χ0v) is 12.4. The minimum Gasteiger partial charge on any atom is -0.480 e. The molecule has 122 valence electrons. The van der Waals surface area contributed by atoms with Crippen LogP contribution in [0.2, 0.25) is 0 Å². The Hall–Kier alpha value is -2.21. The van der Waals surface area contributed by atoms with Crippen LogP contribution < -0.4 is 0 Å². The number of halogens is 2. The number of benzene rings is 1. The van der Waals surface area contributed by atoms with Crippen LogP contribution in [0.4, 0.5) is 8.78 Å². The zero-order chi connectivity index (χ0) is 16.4. The summed E-state index contributed by atoms with van der Waals surface area (Å²) in [5.41, 5.74) is 0.731. The van der Waals surface area contributed by atoms with Crippen molar-refractivity contribution in [3.63, 3.8) is 0 Å². The molecule has 0 radical (unpaired) electrons. The Bertz CT molecular complexity index is 683. The number of likely N-dealkylation sites (tertiary alicyclic amines) is 1. The number of hydrogen-bond acceptors (Lipinski definition) is 3. The van der Waals surface area contributed by atoms with Gasteiger partial charge in [-0.15, -0.1) is 0 Å². The summed E-state index contributed by atoms with van der Waals surface area (Å²) in [5.74, 6) is -0.139. The highest BCUT2D eigenvalue weighted by atomic mass is 19.1. The SMILES string of the molecule is O=C(O)[C@@H]1CC[C@@H](F)CN1Cc1ccc(-c2ccc(F)cc2)o1. The summed E-state index contributed by atoms with van der Waals surface area (Å²) in [4.78, 5) is 12.9. The van der Waals surface area contributed by atoms with Gasteiger partial charge in [0.1, 0.15) is 29.6 Å². The molecular weight excluding hydrogens is 304 g/mol. The molecule has 0 unspecified atom stereocenters. The highest BCUT2D eigenvalue weighted by Crippen LogP contribution is 2.26. The molecule has 2 aromatic rings. The van der Waals surface area contributed by atoms with Crippen LogP contribution in [0.1, 0.15) is 18.6 Å². The highest BCUT2D eigenvalue weighted by Gasteiger charge is 2.33. The average Bonchev–Trinajstić information content (AvgIpc) is 2.96. The second-order valence-corrected chi connectivity index (χ2v) is 5.73. The highest BCUT2D eigenvalue weighted by molar-refractivity contribution is 5.73. The van der Waals surface area contributed by atoms with Crippen LogP contribution in [0.3, 0.4) is 0 Å². The quantitative estimate of drug-likeness (QED) is 0.937. The summed E-state index contributed by atoms with van der Waals surface area (Å²) in [6.07, 6.45) is -0.453. The lowest BCUT2D eigenvalue weighted by atomic mass is 10.0. The number of rotatable bonds is 4. The maximum atomic E-state index is 13.6. The van der Waals surface area contributed by atoms with E-state index in [2.05, 4.69) is 0 Å². The molecule has 1 aliphatic rings. The van der Waals surface area contributed by atoms with Crippen molar-refractivity contribution in [2.75, 3.05) is 6.54 Å². The fraction of sp³-hybridized carbons (Fsp3) is 0.353. The smallest absolute Gasteiger partial charge is 0.320 e. The molecule has 1 aliphatic heterocycles. The molecular formula is C17H17F2NO3. The van der Waals surface area contributed by atoms with Gasteiger partial charge in [-0.2, -0.15) is 0 Å². The second kappa shape index (κ2) is 6.50. The molecule has 1 N–H and O–H groups in total. The molecule has 1 saturated heterocycles. The second-order valence-electron chi connectivity index (χ2n) is 5.73. The number of furan rings is 1. The van der Waals surface area contributed by atoms with Crippen LogP contribution in [0.5, 0.6) is 0 Å². The number of carboxylic acids is 1. The van der Waals surface area contributed by atoms with Gasteiger partial charge in [-0.1, -0.05) is 0 Å². The van der Waals surface area contributed by atoms with Gasteiger partial charge < -0.3 is 9.52 Å². The molecule has 0 amide bonds. The lowest BCUT2D eigenvalue weighted by molar-refractivity contribution is -0.145. The number of carbonyl (C=O) groups is 1. The van der Waals surface area contributed by atoms with E-state index >= 15 is 0 Å². The predicted octanol–water partition coefficient (Wildman–Crippen LogP) is 3.47. The van der Waals surface area contributed by atoms with E-state index in [0.29, 0.717) is 17.9 Å². The molecule has 1 aromatic heterocycles. The molecule has 2 atom stereocenters.